The molecule has 0 aromatic carbocycles. The van der Waals surface area contributed by atoms with Crippen molar-refractivity contribution in [1.82, 2.24) is 19.7 Å². The molecule has 2 aliphatic carbocycles. The van der Waals surface area contributed by atoms with Crippen LogP contribution in [0.3, 0.4) is 0 Å². The van der Waals surface area contributed by atoms with Crippen LogP contribution in [0.1, 0.15) is 48.2 Å². The van der Waals surface area contributed by atoms with Crippen LogP contribution < -0.4 is 0 Å². The Labute approximate surface area is 114 Å². The molecule has 2 saturated carbocycles. The SMILES string of the molecule is Cn1c(-c2sc(C3CC3)nc2C2CC2)n[nH]c1=S. The van der Waals surface area contributed by atoms with Crippen molar-refractivity contribution in [1.29, 1.82) is 0 Å². The summed E-state index contributed by atoms with van der Waals surface area (Å²) in [7, 11) is 1.97. The molecule has 0 aliphatic heterocycles. The average Bonchev–Trinajstić information content (AvgIpc) is 3.28. The highest BCUT2D eigenvalue weighted by atomic mass is 32.1. The Bertz CT molecular complexity index is 658. The standard InChI is InChI=1S/C12H14N4S2/c1-16-10(14-15-12(16)17)9-8(6-2-3-6)13-11(18-9)7-4-5-7/h6-7H,2-5H2,1H3,(H,15,17). The van der Waals surface area contributed by atoms with Gasteiger partial charge in [0.2, 0.25) is 0 Å². The predicted octanol–water partition coefficient (Wildman–Crippen LogP) is 3.36. The lowest BCUT2D eigenvalue weighted by Gasteiger charge is -1.99. The zero-order valence-corrected chi connectivity index (χ0v) is 11.8. The Balaban J connectivity index is 1.87. The molecule has 0 unspecified atom stereocenters. The predicted molar refractivity (Wildman–Crippen MR) is 73.5 cm³/mol. The van der Waals surface area contributed by atoms with Crippen molar-refractivity contribution < 1.29 is 0 Å². The van der Waals surface area contributed by atoms with Crippen LogP contribution in [0.5, 0.6) is 0 Å². The summed E-state index contributed by atoms with van der Waals surface area (Å²) < 4.78 is 2.62. The molecular weight excluding hydrogens is 264 g/mol. The number of aromatic nitrogens is 4. The molecule has 94 valence electrons. The van der Waals surface area contributed by atoms with Crippen molar-refractivity contribution in [3.05, 3.63) is 15.5 Å². The second-order valence-corrected chi connectivity index (χ2v) is 6.64. The zero-order chi connectivity index (χ0) is 12.3. The van der Waals surface area contributed by atoms with Crippen LogP contribution in [0.2, 0.25) is 0 Å². The molecule has 0 saturated heterocycles. The maximum Gasteiger partial charge on any atom is 0.195 e. The van der Waals surface area contributed by atoms with Gasteiger partial charge in [0, 0.05) is 18.9 Å². The molecule has 0 atom stereocenters. The number of aromatic amines is 1. The number of hydrogen-bond donors (Lipinski definition) is 1. The molecule has 2 aromatic rings. The van der Waals surface area contributed by atoms with Crippen LogP contribution >= 0.6 is 23.6 Å². The molecule has 2 aliphatic rings. The van der Waals surface area contributed by atoms with Crippen molar-refractivity contribution in [3.8, 4) is 10.7 Å². The number of thiazole rings is 1. The van der Waals surface area contributed by atoms with Crippen molar-refractivity contribution in [2.24, 2.45) is 7.05 Å². The molecule has 2 fully saturated rings. The fraction of sp³-hybridized carbons (Fsp3) is 0.583. The lowest BCUT2D eigenvalue weighted by molar-refractivity contribution is 0.898. The van der Waals surface area contributed by atoms with Gasteiger partial charge in [-0.05, 0) is 37.9 Å². The summed E-state index contributed by atoms with van der Waals surface area (Å²) in [6, 6.07) is 0. The maximum atomic E-state index is 5.20. The quantitative estimate of drug-likeness (QED) is 0.876. The van der Waals surface area contributed by atoms with Gasteiger partial charge >= 0.3 is 0 Å². The summed E-state index contributed by atoms with van der Waals surface area (Å²) in [6.07, 6.45) is 5.15. The Morgan fingerprint density at radius 2 is 2.00 bits per heavy atom. The number of hydrogen-bond acceptors (Lipinski definition) is 4. The first-order valence-corrected chi connectivity index (χ1v) is 7.59. The minimum atomic E-state index is 0.661. The fourth-order valence-corrected chi connectivity index (χ4v) is 3.68. The topological polar surface area (TPSA) is 46.5 Å². The first-order valence-electron chi connectivity index (χ1n) is 6.36. The molecule has 18 heavy (non-hydrogen) atoms. The molecule has 0 spiro atoms. The summed E-state index contributed by atoms with van der Waals surface area (Å²) in [5, 5.41) is 8.54. The molecule has 1 N–H and O–H groups in total. The summed E-state index contributed by atoms with van der Waals surface area (Å²) in [5.74, 6) is 2.33. The van der Waals surface area contributed by atoms with Gasteiger partial charge in [0.1, 0.15) is 0 Å². The first kappa shape index (κ1) is 10.9. The van der Waals surface area contributed by atoms with Crippen LogP contribution in [0.25, 0.3) is 10.7 Å². The Kier molecular flexibility index (Phi) is 2.26. The molecule has 0 amide bonds. The molecule has 6 heteroatoms. The van der Waals surface area contributed by atoms with E-state index in [0.29, 0.717) is 16.6 Å². The van der Waals surface area contributed by atoms with E-state index in [9.17, 15) is 0 Å². The summed E-state index contributed by atoms with van der Waals surface area (Å²) in [5.41, 5.74) is 1.26. The smallest absolute Gasteiger partial charge is 0.195 e. The number of nitrogens with zero attached hydrogens (tertiary/aromatic N) is 3. The second kappa shape index (κ2) is 3.74. The fourth-order valence-electron chi connectivity index (χ4n) is 2.20. The number of nitrogens with one attached hydrogen (secondary N) is 1. The number of rotatable bonds is 3. The van der Waals surface area contributed by atoms with E-state index in [0.717, 1.165) is 5.82 Å². The summed E-state index contributed by atoms with van der Waals surface area (Å²) in [6.45, 7) is 0. The minimum absolute atomic E-state index is 0.661. The van der Waals surface area contributed by atoms with E-state index in [-0.39, 0.29) is 0 Å². The van der Waals surface area contributed by atoms with E-state index >= 15 is 0 Å². The minimum Gasteiger partial charge on any atom is -0.303 e. The third-order valence-electron chi connectivity index (χ3n) is 3.64. The van der Waals surface area contributed by atoms with Gasteiger partial charge in [-0.3, -0.25) is 5.10 Å². The molecule has 4 nitrogen and oxygen atoms in total. The van der Waals surface area contributed by atoms with Crippen molar-refractivity contribution in [3.63, 3.8) is 0 Å². The summed E-state index contributed by atoms with van der Waals surface area (Å²) >= 11 is 7.02. The molecule has 0 bridgehead atoms. The van der Waals surface area contributed by atoms with Crippen molar-refractivity contribution in [2.75, 3.05) is 0 Å². The lowest BCUT2D eigenvalue weighted by Crippen LogP contribution is -1.93. The summed E-state index contributed by atoms with van der Waals surface area (Å²) in [4.78, 5) is 6.11. The molecule has 0 radical (unpaired) electrons. The second-order valence-electron chi connectivity index (χ2n) is 5.23. The van der Waals surface area contributed by atoms with Gasteiger partial charge in [-0.15, -0.1) is 11.3 Å². The lowest BCUT2D eigenvalue weighted by atomic mass is 10.2. The average molecular weight is 278 g/mol. The van der Waals surface area contributed by atoms with Crippen molar-refractivity contribution in [2.45, 2.75) is 37.5 Å². The van der Waals surface area contributed by atoms with Crippen LogP contribution in [0.4, 0.5) is 0 Å². The molecular formula is C12H14N4S2. The number of H-pyrrole nitrogens is 1. The largest absolute Gasteiger partial charge is 0.303 e. The Morgan fingerprint density at radius 3 is 2.56 bits per heavy atom. The van der Waals surface area contributed by atoms with E-state index in [1.165, 1.54) is 41.3 Å². The highest BCUT2D eigenvalue weighted by Crippen LogP contribution is 2.50. The van der Waals surface area contributed by atoms with Crippen LogP contribution in [-0.2, 0) is 7.05 Å². The molecule has 2 aromatic heterocycles. The van der Waals surface area contributed by atoms with E-state index < -0.39 is 0 Å². The first-order chi connectivity index (χ1) is 8.74. The van der Waals surface area contributed by atoms with E-state index in [2.05, 4.69) is 10.2 Å². The maximum absolute atomic E-state index is 5.20. The van der Waals surface area contributed by atoms with E-state index in [4.69, 9.17) is 17.2 Å². The van der Waals surface area contributed by atoms with Crippen LogP contribution in [-0.4, -0.2) is 19.7 Å². The monoisotopic (exact) mass is 278 g/mol. The van der Waals surface area contributed by atoms with Gasteiger partial charge in [0.05, 0.1) is 15.6 Å². The van der Waals surface area contributed by atoms with Gasteiger partial charge in [-0.1, -0.05) is 0 Å². The zero-order valence-electron chi connectivity index (χ0n) is 10.1. The van der Waals surface area contributed by atoms with Gasteiger partial charge < -0.3 is 4.57 Å². The Hall–Kier alpha value is -1.01. The highest BCUT2D eigenvalue weighted by Gasteiger charge is 2.35. The van der Waals surface area contributed by atoms with E-state index in [1.54, 1.807) is 0 Å². The third kappa shape index (κ3) is 1.66. The van der Waals surface area contributed by atoms with E-state index in [1.807, 2.05) is 23.0 Å². The van der Waals surface area contributed by atoms with Gasteiger partial charge in [0.25, 0.3) is 0 Å². The van der Waals surface area contributed by atoms with Crippen LogP contribution in [0, 0.1) is 4.77 Å². The van der Waals surface area contributed by atoms with Gasteiger partial charge in [-0.2, -0.15) is 5.10 Å². The van der Waals surface area contributed by atoms with Gasteiger partial charge in [0.15, 0.2) is 10.6 Å². The normalized spacial score (nSPS) is 19.4. The molecule has 2 heterocycles. The molecule has 4 rings (SSSR count). The third-order valence-corrected chi connectivity index (χ3v) is 5.24. The van der Waals surface area contributed by atoms with Gasteiger partial charge in [-0.25, -0.2) is 4.98 Å². The highest BCUT2D eigenvalue weighted by molar-refractivity contribution is 7.71. The Morgan fingerprint density at radius 1 is 1.28 bits per heavy atom. The van der Waals surface area contributed by atoms with Crippen LogP contribution in [0.15, 0.2) is 0 Å². The van der Waals surface area contributed by atoms with Crippen molar-refractivity contribution >= 4 is 23.6 Å².